The molecule has 3 rings (SSSR count). The van der Waals surface area contributed by atoms with Gasteiger partial charge in [0.2, 0.25) is 12.7 Å². The van der Waals surface area contributed by atoms with Crippen LogP contribution >= 0.6 is 0 Å². The Balaban J connectivity index is 1.54. The van der Waals surface area contributed by atoms with Crippen LogP contribution in [0.5, 0.6) is 11.5 Å². The van der Waals surface area contributed by atoms with Crippen LogP contribution < -0.4 is 14.8 Å². The van der Waals surface area contributed by atoms with Gasteiger partial charge in [0.05, 0.1) is 18.8 Å². The summed E-state index contributed by atoms with van der Waals surface area (Å²) in [5, 5.41) is 2.79. The number of nitrogens with one attached hydrogen (secondary N) is 1. The topological polar surface area (TPSA) is 97.4 Å². The van der Waals surface area contributed by atoms with Gasteiger partial charge >= 0.3 is 6.09 Å². The summed E-state index contributed by atoms with van der Waals surface area (Å²) in [4.78, 5) is 39.9. The highest BCUT2D eigenvalue weighted by Crippen LogP contribution is 2.37. The molecule has 1 aromatic carbocycles. The minimum Gasteiger partial charge on any atom is -0.454 e. The zero-order chi connectivity index (χ0) is 20.1. The number of Topliss-reactive ketones (excluding diaryl/α,β-unsaturated/α-hetero) is 1. The molecule has 1 saturated heterocycles. The zero-order valence-corrected chi connectivity index (χ0v) is 16.2. The average Bonchev–Trinajstić information content (AvgIpc) is 3.13. The third kappa shape index (κ3) is 4.72. The van der Waals surface area contributed by atoms with Crippen LogP contribution in [0.15, 0.2) is 12.1 Å². The first-order valence-electron chi connectivity index (χ1n) is 9.36. The van der Waals surface area contributed by atoms with Crippen molar-refractivity contribution in [2.75, 3.05) is 51.4 Å². The molecule has 0 saturated carbocycles. The number of ketones is 1. The van der Waals surface area contributed by atoms with Crippen molar-refractivity contribution in [3.8, 4) is 11.5 Å². The normalized spacial score (nSPS) is 16.0. The van der Waals surface area contributed by atoms with E-state index in [0.717, 1.165) is 6.42 Å². The average molecular weight is 391 g/mol. The molecular formula is C19H25N3O6. The molecule has 1 aromatic rings. The summed E-state index contributed by atoms with van der Waals surface area (Å²) in [6, 6.07) is 3.19. The van der Waals surface area contributed by atoms with Gasteiger partial charge in [-0.05, 0) is 19.4 Å². The van der Waals surface area contributed by atoms with Gasteiger partial charge in [0.15, 0.2) is 17.3 Å². The molecular weight excluding hydrogens is 366 g/mol. The minimum atomic E-state index is -0.308. The highest BCUT2D eigenvalue weighted by atomic mass is 16.7. The van der Waals surface area contributed by atoms with Gasteiger partial charge in [-0.3, -0.25) is 14.5 Å². The van der Waals surface area contributed by atoms with Gasteiger partial charge in [-0.2, -0.15) is 0 Å². The van der Waals surface area contributed by atoms with E-state index in [1.807, 2.05) is 11.8 Å². The van der Waals surface area contributed by atoms with Crippen LogP contribution in [0.3, 0.4) is 0 Å². The second-order valence-corrected chi connectivity index (χ2v) is 6.73. The van der Waals surface area contributed by atoms with E-state index < -0.39 is 0 Å². The highest BCUT2D eigenvalue weighted by molar-refractivity contribution is 6.05. The Bertz CT molecular complexity index is 758. The van der Waals surface area contributed by atoms with Gasteiger partial charge in [0.1, 0.15) is 0 Å². The number of rotatable bonds is 6. The Morgan fingerprint density at radius 1 is 1.11 bits per heavy atom. The van der Waals surface area contributed by atoms with Crippen LogP contribution in [0, 0.1) is 0 Å². The third-order valence-corrected chi connectivity index (χ3v) is 4.59. The number of benzene rings is 1. The Hall–Kier alpha value is -2.81. The van der Waals surface area contributed by atoms with Gasteiger partial charge < -0.3 is 24.4 Å². The molecule has 28 heavy (non-hydrogen) atoms. The number of anilines is 1. The van der Waals surface area contributed by atoms with E-state index in [4.69, 9.17) is 14.2 Å². The van der Waals surface area contributed by atoms with E-state index in [2.05, 4.69) is 5.32 Å². The van der Waals surface area contributed by atoms with Gasteiger partial charge in [-0.15, -0.1) is 0 Å². The second-order valence-electron chi connectivity index (χ2n) is 6.73. The van der Waals surface area contributed by atoms with Gasteiger partial charge in [-0.1, -0.05) is 6.92 Å². The van der Waals surface area contributed by atoms with Crippen molar-refractivity contribution in [3.63, 3.8) is 0 Å². The summed E-state index contributed by atoms with van der Waals surface area (Å²) in [6.07, 6.45) is 0.478. The number of hydrogen-bond donors (Lipinski definition) is 1. The van der Waals surface area contributed by atoms with Crippen LogP contribution in [-0.4, -0.2) is 73.7 Å². The Morgan fingerprint density at radius 2 is 1.79 bits per heavy atom. The molecule has 1 fully saturated rings. The van der Waals surface area contributed by atoms with Crippen molar-refractivity contribution in [2.45, 2.75) is 20.3 Å². The zero-order valence-electron chi connectivity index (χ0n) is 16.2. The largest absolute Gasteiger partial charge is 0.454 e. The summed E-state index contributed by atoms with van der Waals surface area (Å²) in [5.41, 5.74) is 0.782. The van der Waals surface area contributed by atoms with E-state index in [1.54, 1.807) is 17.0 Å². The van der Waals surface area contributed by atoms with E-state index in [0.29, 0.717) is 55.5 Å². The lowest BCUT2D eigenvalue weighted by Gasteiger charge is -2.33. The lowest BCUT2D eigenvalue weighted by atomic mass is 10.1. The number of amides is 2. The van der Waals surface area contributed by atoms with E-state index in [-0.39, 0.29) is 31.1 Å². The number of ether oxygens (including phenoxy) is 3. The summed E-state index contributed by atoms with van der Waals surface area (Å²) in [5.74, 6) is 0.588. The molecule has 0 atom stereocenters. The summed E-state index contributed by atoms with van der Waals surface area (Å²) in [6.45, 7) is 6.24. The van der Waals surface area contributed by atoms with Crippen LogP contribution in [0.4, 0.5) is 10.5 Å². The third-order valence-electron chi connectivity index (χ3n) is 4.59. The molecule has 0 bridgehead atoms. The molecule has 9 heteroatoms. The van der Waals surface area contributed by atoms with Crippen LogP contribution in [-0.2, 0) is 9.53 Å². The SMILES string of the molecule is CCCOC(=O)N1CCN(CC(=O)Nc2cc3c(cc2C(C)=O)OCO3)CC1. The van der Waals surface area contributed by atoms with Crippen LogP contribution in [0.1, 0.15) is 30.6 Å². The predicted molar refractivity (Wildman–Crippen MR) is 101 cm³/mol. The van der Waals surface area contributed by atoms with Crippen molar-refractivity contribution in [3.05, 3.63) is 17.7 Å². The lowest BCUT2D eigenvalue weighted by Crippen LogP contribution is -2.50. The fourth-order valence-corrected chi connectivity index (χ4v) is 3.10. The second kappa shape index (κ2) is 8.92. The van der Waals surface area contributed by atoms with Gasteiger partial charge in [0.25, 0.3) is 0 Å². The molecule has 2 amide bonds. The van der Waals surface area contributed by atoms with Crippen molar-refractivity contribution < 1.29 is 28.6 Å². The number of carbonyl (C=O) groups excluding carboxylic acids is 3. The maximum atomic E-state index is 12.5. The number of fused-ring (bicyclic) bond motifs is 1. The molecule has 1 N–H and O–H groups in total. The van der Waals surface area contributed by atoms with Crippen LogP contribution in [0.2, 0.25) is 0 Å². The molecule has 0 unspecified atom stereocenters. The maximum absolute atomic E-state index is 12.5. The monoisotopic (exact) mass is 391 g/mol. The molecule has 0 aliphatic carbocycles. The fraction of sp³-hybridized carbons (Fsp3) is 0.526. The summed E-state index contributed by atoms with van der Waals surface area (Å²) < 4.78 is 15.7. The Kier molecular flexibility index (Phi) is 6.35. The first kappa shape index (κ1) is 19.9. The molecule has 2 aliphatic rings. The molecule has 0 spiro atoms. The minimum absolute atomic E-state index is 0.0923. The number of piperazine rings is 1. The van der Waals surface area contributed by atoms with Crippen molar-refractivity contribution >= 4 is 23.5 Å². The Morgan fingerprint density at radius 3 is 2.43 bits per heavy atom. The van der Waals surface area contributed by atoms with E-state index >= 15 is 0 Å². The molecule has 0 aromatic heterocycles. The van der Waals surface area contributed by atoms with Crippen molar-refractivity contribution in [2.24, 2.45) is 0 Å². The molecule has 0 radical (unpaired) electrons. The van der Waals surface area contributed by atoms with Gasteiger partial charge in [0, 0.05) is 37.8 Å². The van der Waals surface area contributed by atoms with Crippen molar-refractivity contribution in [1.29, 1.82) is 0 Å². The van der Waals surface area contributed by atoms with Crippen molar-refractivity contribution in [1.82, 2.24) is 9.80 Å². The smallest absolute Gasteiger partial charge is 0.409 e. The summed E-state index contributed by atoms with van der Waals surface area (Å²) in [7, 11) is 0. The number of carbonyl (C=O) groups is 3. The molecule has 2 heterocycles. The molecule has 9 nitrogen and oxygen atoms in total. The van der Waals surface area contributed by atoms with Gasteiger partial charge in [-0.25, -0.2) is 4.79 Å². The Labute approximate surface area is 163 Å². The van der Waals surface area contributed by atoms with E-state index in [9.17, 15) is 14.4 Å². The fourth-order valence-electron chi connectivity index (χ4n) is 3.10. The first-order chi connectivity index (χ1) is 13.5. The molecule has 152 valence electrons. The standard InChI is InChI=1S/C19H25N3O6/c1-3-8-26-19(25)22-6-4-21(5-7-22)11-18(24)20-15-10-17-16(27-12-28-17)9-14(15)13(2)23/h9-10H,3-8,11-12H2,1-2H3,(H,20,24). The maximum Gasteiger partial charge on any atom is 0.409 e. The highest BCUT2D eigenvalue weighted by Gasteiger charge is 2.24. The van der Waals surface area contributed by atoms with E-state index in [1.165, 1.54) is 6.92 Å². The summed E-state index contributed by atoms with van der Waals surface area (Å²) >= 11 is 0. The lowest BCUT2D eigenvalue weighted by molar-refractivity contribution is -0.117. The predicted octanol–water partition coefficient (Wildman–Crippen LogP) is 1.72. The number of nitrogens with zero attached hydrogens (tertiary/aromatic N) is 2. The quantitative estimate of drug-likeness (QED) is 0.738. The van der Waals surface area contributed by atoms with Crippen LogP contribution in [0.25, 0.3) is 0 Å². The molecule has 2 aliphatic heterocycles. The first-order valence-corrected chi connectivity index (χ1v) is 9.36. The number of hydrogen-bond acceptors (Lipinski definition) is 7.